The number of carbonyl (C=O) groups excluding carboxylic acids is 4. The molecule has 1 aliphatic carbocycles. The number of rotatable bonds is 4. The van der Waals surface area contributed by atoms with Gasteiger partial charge in [-0.05, 0) is 62.1 Å². The monoisotopic (exact) mass is 572 g/mol. The molecule has 1 aromatic heterocycles. The van der Waals surface area contributed by atoms with E-state index in [2.05, 4.69) is 15.5 Å². The summed E-state index contributed by atoms with van der Waals surface area (Å²) in [7, 11) is 1.40. The molecule has 0 atom stereocenters. The maximum atomic E-state index is 14.3. The number of nitrogens with one attached hydrogen (secondary N) is 2. The van der Waals surface area contributed by atoms with E-state index >= 15 is 0 Å². The Hall–Kier alpha value is -4.49. The average Bonchev–Trinajstić information content (AvgIpc) is 3.52. The highest BCUT2D eigenvalue weighted by Crippen LogP contribution is 2.43. The highest BCUT2D eigenvalue weighted by Gasteiger charge is 2.60. The molecule has 2 N–H and O–H groups in total. The molecule has 2 saturated heterocycles. The zero-order valence-corrected chi connectivity index (χ0v) is 21.7. The van der Waals surface area contributed by atoms with Crippen molar-refractivity contribution in [3.63, 3.8) is 0 Å². The van der Waals surface area contributed by atoms with Gasteiger partial charge >= 0.3 is 12.2 Å². The third kappa shape index (κ3) is 4.19. The van der Waals surface area contributed by atoms with Crippen molar-refractivity contribution in [1.29, 1.82) is 0 Å². The number of aromatic amines is 1. The Labute approximate surface area is 230 Å². The number of alkyl halides is 3. The summed E-state index contributed by atoms with van der Waals surface area (Å²) in [5.74, 6) is -3.12. The topological polar surface area (TPSA) is 119 Å². The summed E-state index contributed by atoms with van der Waals surface area (Å²) in [4.78, 5) is 56.8. The van der Waals surface area contributed by atoms with Gasteiger partial charge in [-0.1, -0.05) is 0 Å². The Balaban J connectivity index is 1.20. The number of benzene rings is 2. The van der Waals surface area contributed by atoms with E-state index in [0.29, 0.717) is 23.9 Å². The second-order valence-electron chi connectivity index (χ2n) is 10.7. The van der Waals surface area contributed by atoms with E-state index in [0.717, 1.165) is 15.8 Å². The van der Waals surface area contributed by atoms with Crippen LogP contribution in [0.5, 0.6) is 0 Å². The van der Waals surface area contributed by atoms with Crippen molar-refractivity contribution in [2.45, 2.75) is 42.9 Å². The number of fused-ring (bicyclic) bond motifs is 1. The van der Waals surface area contributed by atoms with Crippen LogP contribution < -0.4 is 10.2 Å². The Kier molecular flexibility index (Phi) is 5.87. The number of H-pyrrole nitrogens is 1. The van der Waals surface area contributed by atoms with Crippen LogP contribution in [-0.2, 0) is 15.8 Å². The first-order chi connectivity index (χ1) is 19.4. The molecular formula is C27H24F4N6O4. The summed E-state index contributed by atoms with van der Waals surface area (Å²) in [6, 6.07) is 6.26. The van der Waals surface area contributed by atoms with Crippen molar-refractivity contribution in [2.24, 2.45) is 0 Å². The fourth-order valence-corrected chi connectivity index (χ4v) is 5.75. The second kappa shape index (κ2) is 9.01. The van der Waals surface area contributed by atoms with Crippen molar-refractivity contribution in [3.8, 4) is 0 Å². The quantitative estimate of drug-likeness (QED) is 0.367. The standard InChI is InChI=1S/C27H24F4N6O4/c1-35-23(40)26(37(24(35)41)17-3-5-20-15(12-17)14-32-34-20)8-10-36(11-9-26)22(39)25(6-7-25)33-21(38)18-13-16(27(29,30)31)2-4-19(18)28/h2-5,12-14H,6-11H2,1H3,(H,32,34)(H,33,38). The smallest absolute Gasteiger partial charge is 0.340 e. The lowest BCUT2D eigenvalue weighted by Crippen LogP contribution is -2.60. The van der Waals surface area contributed by atoms with Gasteiger partial charge in [-0.25, -0.2) is 9.18 Å². The maximum absolute atomic E-state index is 14.3. The fraction of sp³-hybridized carbons (Fsp3) is 0.370. The molecule has 0 radical (unpaired) electrons. The number of amides is 5. The number of imide groups is 1. The van der Waals surface area contributed by atoms with E-state index in [4.69, 9.17) is 0 Å². The van der Waals surface area contributed by atoms with Crippen molar-refractivity contribution < 1.29 is 36.7 Å². The molecule has 5 amide bonds. The van der Waals surface area contributed by atoms with Crippen LogP contribution >= 0.6 is 0 Å². The number of anilines is 1. The molecule has 14 heteroatoms. The Bertz CT molecular complexity index is 1610. The minimum Gasteiger partial charge on any atom is -0.340 e. The number of nitrogens with zero attached hydrogens (tertiary/aromatic N) is 4. The van der Waals surface area contributed by atoms with E-state index in [1.165, 1.54) is 16.8 Å². The van der Waals surface area contributed by atoms with Crippen LogP contribution in [0.15, 0.2) is 42.6 Å². The summed E-state index contributed by atoms with van der Waals surface area (Å²) >= 11 is 0. The number of urea groups is 1. The first-order valence-electron chi connectivity index (χ1n) is 12.9. The number of likely N-dealkylation sites (tertiary alicyclic amines) is 1. The van der Waals surface area contributed by atoms with Gasteiger partial charge in [0.25, 0.3) is 11.8 Å². The van der Waals surface area contributed by atoms with E-state index in [9.17, 15) is 36.7 Å². The zero-order valence-electron chi connectivity index (χ0n) is 21.7. The minimum atomic E-state index is -4.77. The molecule has 3 aromatic rings. The third-order valence-electron chi connectivity index (χ3n) is 8.22. The number of carbonyl (C=O) groups is 4. The molecule has 0 unspecified atom stereocenters. The Morgan fingerprint density at radius 3 is 2.39 bits per heavy atom. The van der Waals surface area contributed by atoms with Gasteiger partial charge < -0.3 is 10.2 Å². The van der Waals surface area contributed by atoms with Gasteiger partial charge in [0.15, 0.2) is 0 Å². The molecule has 214 valence electrons. The van der Waals surface area contributed by atoms with E-state index < -0.39 is 58.0 Å². The molecule has 2 aliphatic heterocycles. The van der Waals surface area contributed by atoms with Gasteiger partial charge in [0.2, 0.25) is 5.91 Å². The highest BCUT2D eigenvalue weighted by molar-refractivity contribution is 6.17. The molecule has 41 heavy (non-hydrogen) atoms. The molecule has 0 bridgehead atoms. The van der Waals surface area contributed by atoms with Crippen LogP contribution in [0.4, 0.5) is 28.0 Å². The predicted molar refractivity (Wildman–Crippen MR) is 136 cm³/mol. The van der Waals surface area contributed by atoms with Crippen LogP contribution in [-0.4, -0.2) is 75.0 Å². The normalized spacial score (nSPS) is 19.8. The molecule has 10 nitrogen and oxygen atoms in total. The number of hydrogen-bond acceptors (Lipinski definition) is 5. The molecule has 3 heterocycles. The van der Waals surface area contributed by atoms with Gasteiger partial charge in [-0.15, -0.1) is 0 Å². The second-order valence-corrected chi connectivity index (χ2v) is 10.7. The average molecular weight is 573 g/mol. The van der Waals surface area contributed by atoms with E-state index in [1.807, 2.05) is 0 Å². The highest BCUT2D eigenvalue weighted by atomic mass is 19.4. The molecule has 3 fully saturated rings. The molecular weight excluding hydrogens is 548 g/mol. The Morgan fingerprint density at radius 1 is 1.02 bits per heavy atom. The van der Waals surface area contributed by atoms with Crippen LogP contribution in [0.2, 0.25) is 0 Å². The van der Waals surface area contributed by atoms with E-state index in [-0.39, 0.29) is 38.8 Å². The van der Waals surface area contributed by atoms with Crippen LogP contribution in [0.1, 0.15) is 41.6 Å². The summed E-state index contributed by atoms with van der Waals surface area (Å²) in [6.07, 6.45) is -2.45. The van der Waals surface area contributed by atoms with E-state index in [1.54, 1.807) is 24.4 Å². The first kappa shape index (κ1) is 26.7. The summed E-state index contributed by atoms with van der Waals surface area (Å²) in [5.41, 5.74) is -3.31. The van der Waals surface area contributed by atoms with Crippen molar-refractivity contribution in [3.05, 3.63) is 59.5 Å². The lowest BCUT2D eigenvalue weighted by atomic mass is 9.85. The summed E-state index contributed by atoms with van der Waals surface area (Å²) in [5, 5.41) is 10.0. The SMILES string of the molecule is CN1C(=O)N(c2ccc3[nH]ncc3c2)C2(CCN(C(=O)C3(NC(=O)c4cc(C(F)(F)F)ccc4F)CC3)CC2)C1=O. The van der Waals surface area contributed by atoms with Crippen molar-refractivity contribution in [2.75, 3.05) is 25.0 Å². The van der Waals surface area contributed by atoms with Crippen LogP contribution in [0.3, 0.4) is 0 Å². The zero-order chi connectivity index (χ0) is 29.3. The number of halogens is 4. The largest absolute Gasteiger partial charge is 0.416 e. The maximum Gasteiger partial charge on any atom is 0.416 e. The number of piperidine rings is 1. The summed E-state index contributed by atoms with van der Waals surface area (Å²) < 4.78 is 53.6. The van der Waals surface area contributed by atoms with Crippen LogP contribution in [0.25, 0.3) is 10.9 Å². The lowest BCUT2D eigenvalue weighted by Gasteiger charge is -2.43. The van der Waals surface area contributed by atoms with Gasteiger partial charge in [0.1, 0.15) is 16.9 Å². The number of likely N-dealkylation sites (N-methyl/N-ethyl adjacent to an activating group) is 1. The van der Waals surface area contributed by atoms with Gasteiger partial charge in [0, 0.05) is 31.2 Å². The van der Waals surface area contributed by atoms with Crippen LogP contribution in [0, 0.1) is 5.82 Å². The van der Waals surface area contributed by atoms with Gasteiger partial charge in [0.05, 0.1) is 22.8 Å². The van der Waals surface area contributed by atoms with Gasteiger partial charge in [-0.3, -0.25) is 29.3 Å². The molecule has 6 rings (SSSR count). The fourth-order valence-electron chi connectivity index (χ4n) is 5.75. The van der Waals surface area contributed by atoms with Gasteiger partial charge in [-0.2, -0.15) is 18.3 Å². The first-order valence-corrected chi connectivity index (χ1v) is 12.9. The molecule has 1 saturated carbocycles. The third-order valence-corrected chi connectivity index (χ3v) is 8.22. The van der Waals surface area contributed by atoms with Crippen molar-refractivity contribution >= 4 is 40.3 Å². The van der Waals surface area contributed by atoms with Crippen molar-refractivity contribution in [1.82, 2.24) is 25.3 Å². The summed E-state index contributed by atoms with van der Waals surface area (Å²) in [6.45, 7) is 0.178. The molecule has 3 aliphatic rings. The molecule has 2 aromatic carbocycles. The number of aromatic nitrogens is 2. The predicted octanol–water partition coefficient (Wildman–Crippen LogP) is 3.44. The Morgan fingerprint density at radius 2 is 1.73 bits per heavy atom. The minimum absolute atomic E-state index is 0.0890. The lowest BCUT2D eigenvalue weighted by molar-refractivity contribution is -0.139. The molecule has 1 spiro atoms. The number of hydrogen-bond donors (Lipinski definition) is 2.